The highest BCUT2D eigenvalue weighted by molar-refractivity contribution is 5.73. The number of imidazole rings is 1. The average molecular weight is 324 g/mol. The van der Waals surface area contributed by atoms with E-state index in [0.29, 0.717) is 18.0 Å². The molecule has 1 aliphatic rings. The van der Waals surface area contributed by atoms with Gasteiger partial charge >= 0.3 is 0 Å². The summed E-state index contributed by atoms with van der Waals surface area (Å²) in [5, 5.41) is 11.3. The van der Waals surface area contributed by atoms with Gasteiger partial charge in [-0.25, -0.2) is 19.5 Å². The Hall–Kier alpha value is -2.74. The molecule has 124 valence electrons. The number of hydrogen-bond donors (Lipinski definition) is 3. The predicted molar refractivity (Wildman–Crippen MR) is 92.2 cm³/mol. The van der Waals surface area contributed by atoms with Gasteiger partial charge in [0, 0.05) is 42.9 Å². The molecule has 0 aliphatic heterocycles. The molecular formula is C16H20N8. The number of nitrogens with two attached hydrogens (primary N) is 1. The normalized spacial score (nSPS) is 20.9. The Bertz CT molecular complexity index is 807. The monoisotopic (exact) mass is 324 g/mol. The van der Waals surface area contributed by atoms with E-state index in [1.807, 2.05) is 12.3 Å². The fourth-order valence-electron chi connectivity index (χ4n) is 3.04. The predicted octanol–water partition coefficient (Wildman–Crippen LogP) is 1.94. The van der Waals surface area contributed by atoms with E-state index in [2.05, 4.69) is 30.7 Å². The lowest BCUT2D eigenvalue weighted by molar-refractivity contribution is 0.410. The summed E-state index contributed by atoms with van der Waals surface area (Å²) in [5.41, 5.74) is 7.53. The first-order valence-corrected chi connectivity index (χ1v) is 8.18. The third-order valence-electron chi connectivity index (χ3n) is 4.30. The second-order valence-electron chi connectivity index (χ2n) is 6.09. The highest BCUT2D eigenvalue weighted by atomic mass is 15.3. The van der Waals surface area contributed by atoms with Crippen molar-refractivity contribution >= 4 is 23.1 Å². The molecule has 24 heavy (non-hydrogen) atoms. The number of nitrogens with one attached hydrogen (secondary N) is 2. The maximum Gasteiger partial charge on any atom is 0.227 e. The molecule has 0 bridgehead atoms. The number of anilines is 3. The number of rotatable bonds is 4. The minimum atomic E-state index is 0.333. The molecule has 8 heteroatoms. The largest absolute Gasteiger partial charge is 0.366 e. The van der Waals surface area contributed by atoms with Crippen molar-refractivity contribution in [2.45, 2.75) is 37.8 Å². The Morgan fingerprint density at radius 1 is 1.04 bits per heavy atom. The highest BCUT2D eigenvalue weighted by Crippen LogP contribution is 2.24. The molecule has 3 heterocycles. The van der Waals surface area contributed by atoms with Crippen LogP contribution in [0.4, 0.5) is 17.5 Å². The first kappa shape index (κ1) is 14.8. The summed E-state index contributed by atoms with van der Waals surface area (Å²) in [6.45, 7) is 0. The van der Waals surface area contributed by atoms with Gasteiger partial charge in [-0.15, -0.1) is 5.10 Å². The lowest BCUT2D eigenvalue weighted by Crippen LogP contribution is -2.33. The van der Waals surface area contributed by atoms with Crippen LogP contribution in [0, 0.1) is 0 Å². The maximum absolute atomic E-state index is 5.98. The summed E-state index contributed by atoms with van der Waals surface area (Å²) in [7, 11) is 0. The number of fused-ring (bicyclic) bond motifs is 1. The quantitative estimate of drug-likeness (QED) is 0.673. The van der Waals surface area contributed by atoms with E-state index in [0.717, 1.165) is 42.8 Å². The maximum atomic E-state index is 5.98. The summed E-state index contributed by atoms with van der Waals surface area (Å²) in [4.78, 5) is 12.8. The van der Waals surface area contributed by atoms with Crippen molar-refractivity contribution in [3.63, 3.8) is 0 Å². The van der Waals surface area contributed by atoms with E-state index in [1.165, 1.54) is 0 Å². The van der Waals surface area contributed by atoms with E-state index in [1.54, 1.807) is 29.2 Å². The molecule has 0 unspecified atom stereocenters. The Balaban J connectivity index is 1.60. The molecule has 3 aromatic heterocycles. The van der Waals surface area contributed by atoms with Gasteiger partial charge in [-0.3, -0.25) is 0 Å². The smallest absolute Gasteiger partial charge is 0.227 e. The summed E-state index contributed by atoms with van der Waals surface area (Å²) < 4.78 is 1.75. The van der Waals surface area contributed by atoms with Crippen molar-refractivity contribution in [3.05, 3.63) is 36.9 Å². The van der Waals surface area contributed by atoms with Gasteiger partial charge in [0.05, 0.1) is 5.69 Å². The molecule has 1 fully saturated rings. The van der Waals surface area contributed by atoms with Crippen molar-refractivity contribution in [1.29, 1.82) is 0 Å². The molecule has 4 N–H and O–H groups in total. The van der Waals surface area contributed by atoms with Gasteiger partial charge in [-0.1, -0.05) is 0 Å². The van der Waals surface area contributed by atoms with E-state index in [-0.39, 0.29) is 0 Å². The van der Waals surface area contributed by atoms with Crippen LogP contribution in [0.5, 0.6) is 0 Å². The summed E-state index contributed by atoms with van der Waals surface area (Å²) in [5.74, 6) is 1.34. The SMILES string of the molecule is NC1CCC(Nc2cc(Nc3ncccn3)c3nccn3n2)CC1. The number of hydrogen-bond acceptors (Lipinski definition) is 7. The average Bonchev–Trinajstić information content (AvgIpc) is 3.07. The van der Waals surface area contributed by atoms with Gasteiger partial charge < -0.3 is 16.4 Å². The standard InChI is InChI=1S/C16H20N8/c17-11-2-4-12(5-3-11)21-14-10-13(15-18-8-9-24(15)23-14)22-16-19-6-1-7-20-16/h1,6-12H,2-5,17H2,(H,21,23)(H,19,20,22). The van der Waals surface area contributed by atoms with Crippen LogP contribution in [0.2, 0.25) is 0 Å². The molecule has 4 rings (SSSR count). The van der Waals surface area contributed by atoms with Crippen molar-refractivity contribution in [2.75, 3.05) is 10.6 Å². The topological polar surface area (TPSA) is 106 Å². The molecule has 0 atom stereocenters. The van der Waals surface area contributed by atoms with E-state index >= 15 is 0 Å². The summed E-state index contributed by atoms with van der Waals surface area (Å²) in [6.07, 6.45) is 11.2. The Kier molecular flexibility index (Phi) is 3.96. The summed E-state index contributed by atoms with van der Waals surface area (Å²) in [6, 6.07) is 4.47. The third-order valence-corrected chi connectivity index (χ3v) is 4.30. The van der Waals surface area contributed by atoms with Crippen LogP contribution < -0.4 is 16.4 Å². The lowest BCUT2D eigenvalue weighted by atomic mass is 9.92. The fourth-order valence-corrected chi connectivity index (χ4v) is 3.04. The second kappa shape index (κ2) is 6.40. The van der Waals surface area contributed by atoms with Crippen LogP contribution in [0.3, 0.4) is 0 Å². The van der Waals surface area contributed by atoms with Gasteiger partial charge in [0.25, 0.3) is 0 Å². The van der Waals surface area contributed by atoms with Crippen LogP contribution in [0.25, 0.3) is 5.65 Å². The zero-order valence-corrected chi connectivity index (χ0v) is 13.3. The van der Waals surface area contributed by atoms with Crippen LogP contribution in [0.15, 0.2) is 36.9 Å². The van der Waals surface area contributed by atoms with E-state index < -0.39 is 0 Å². The Labute approximate surface area is 139 Å². The van der Waals surface area contributed by atoms with E-state index in [9.17, 15) is 0 Å². The Morgan fingerprint density at radius 3 is 2.62 bits per heavy atom. The van der Waals surface area contributed by atoms with Crippen LogP contribution in [-0.4, -0.2) is 36.6 Å². The zero-order chi connectivity index (χ0) is 16.4. The minimum Gasteiger partial charge on any atom is -0.366 e. The highest BCUT2D eigenvalue weighted by Gasteiger charge is 2.19. The molecule has 0 amide bonds. The lowest BCUT2D eigenvalue weighted by Gasteiger charge is -2.27. The fraction of sp³-hybridized carbons (Fsp3) is 0.375. The van der Waals surface area contributed by atoms with Crippen LogP contribution in [0.1, 0.15) is 25.7 Å². The molecular weight excluding hydrogens is 304 g/mol. The molecule has 1 saturated carbocycles. The molecule has 0 spiro atoms. The van der Waals surface area contributed by atoms with E-state index in [4.69, 9.17) is 5.73 Å². The number of nitrogens with zero attached hydrogens (tertiary/aromatic N) is 5. The first-order valence-electron chi connectivity index (χ1n) is 8.18. The zero-order valence-electron chi connectivity index (χ0n) is 13.3. The van der Waals surface area contributed by atoms with Crippen LogP contribution in [-0.2, 0) is 0 Å². The van der Waals surface area contributed by atoms with Gasteiger partial charge in [0.15, 0.2) is 5.65 Å². The van der Waals surface area contributed by atoms with Gasteiger partial charge in [-0.2, -0.15) is 0 Å². The van der Waals surface area contributed by atoms with Gasteiger partial charge in [-0.05, 0) is 31.7 Å². The molecule has 0 saturated heterocycles. The van der Waals surface area contributed by atoms with Crippen molar-refractivity contribution in [3.8, 4) is 0 Å². The van der Waals surface area contributed by atoms with Gasteiger partial charge in [0.2, 0.25) is 5.95 Å². The van der Waals surface area contributed by atoms with Crippen molar-refractivity contribution in [1.82, 2.24) is 24.6 Å². The molecule has 1 aliphatic carbocycles. The summed E-state index contributed by atoms with van der Waals surface area (Å²) >= 11 is 0. The number of aromatic nitrogens is 5. The molecule has 3 aromatic rings. The van der Waals surface area contributed by atoms with Crippen LogP contribution >= 0.6 is 0 Å². The molecule has 8 nitrogen and oxygen atoms in total. The molecule has 0 aromatic carbocycles. The van der Waals surface area contributed by atoms with Crippen molar-refractivity contribution in [2.24, 2.45) is 5.73 Å². The minimum absolute atomic E-state index is 0.333. The van der Waals surface area contributed by atoms with Gasteiger partial charge in [0.1, 0.15) is 5.82 Å². The van der Waals surface area contributed by atoms with Crippen molar-refractivity contribution < 1.29 is 0 Å². The third kappa shape index (κ3) is 3.13. The second-order valence-corrected chi connectivity index (χ2v) is 6.09. The Morgan fingerprint density at radius 2 is 1.83 bits per heavy atom. The molecule has 0 radical (unpaired) electrons. The first-order chi connectivity index (χ1) is 11.8.